The quantitative estimate of drug-likeness (QED) is 0.857. The average Bonchev–Trinajstić information content (AvgIpc) is 2.93. The molecule has 1 aliphatic rings. The van der Waals surface area contributed by atoms with E-state index in [4.69, 9.17) is 21.7 Å². The first-order chi connectivity index (χ1) is 9.72. The van der Waals surface area contributed by atoms with Gasteiger partial charge in [-0.3, -0.25) is 0 Å². The summed E-state index contributed by atoms with van der Waals surface area (Å²) in [6, 6.07) is 13.8. The Labute approximate surface area is 131 Å². The number of thiocarbonyl (C=S) groups is 1. The van der Waals surface area contributed by atoms with Gasteiger partial charge in [0, 0.05) is 16.6 Å². The molecule has 1 N–H and O–H groups in total. The van der Waals surface area contributed by atoms with Crippen LogP contribution in [0.15, 0.2) is 46.9 Å². The zero-order valence-corrected chi connectivity index (χ0v) is 13.0. The lowest BCUT2D eigenvalue weighted by molar-refractivity contribution is 0.174. The first kappa shape index (κ1) is 13.4. The number of hydrogen-bond donors (Lipinski definition) is 1. The van der Waals surface area contributed by atoms with Gasteiger partial charge in [-0.15, -0.1) is 0 Å². The van der Waals surface area contributed by atoms with Gasteiger partial charge in [0.1, 0.15) is 4.99 Å². The summed E-state index contributed by atoms with van der Waals surface area (Å²) in [6.45, 7) is 0.953. The summed E-state index contributed by atoms with van der Waals surface area (Å²) in [4.78, 5) is 0.732. The summed E-state index contributed by atoms with van der Waals surface area (Å²) < 4.78 is 11.7. The maximum atomic E-state index is 5.38. The lowest BCUT2D eigenvalue weighted by Gasteiger charge is -2.09. The van der Waals surface area contributed by atoms with Gasteiger partial charge in [-0.25, -0.2) is 0 Å². The van der Waals surface area contributed by atoms with Gasteiger partial charge in [-0.1, -0.05) is 46.3 Å². The fraction of sp³-hybridized carbons (Fsp3) is 0.133. The molecule has 1 heterocycles. The summed E-state index contributed by atoms with van der Waals surface area (Å²) in [5.74, 6) is 1.59. The molecule has 3 nitrogen and oxygen atoms in total. The molecule has 0 aliphatic carbocycles. The number of hydrogen-bond acceptors (Lipinski definition) is 3. The molecule has 0 amide bonds. The highest BCUT2D eigenvalue weighted by Gasteiger charge is 2.13. The van der Waals surface area contributed by atoms with Crippen molar-refractivity contribution in [2.45, 2.75) is 6.54 Å². The number of benzene rings is 2. The molecule has 0 radical (unpaired) electrons. The highest BCUT2D eigenvalue weighted by molar-refractivity contribution is 9.10. The highest BCUT2D eigenvalue weighted by Crippen LogP contribution is 2.32. The first-order valence-electron chi connectivity index (χ1n) is 6.15. The van der Waals surface area contributed by atoms with Crippen LogP contribution >= 0.6 is 28.1 Å². The number of rotatable bonds is 3. The molecular weight excluding hydrogens is 338 g/mol. The molecule has 0 unspecified atom stereocenters. The number of halogens is 1. The first-order valence-corrected chi connectivity index (χ1v) is 7.35. The highest BCUT2D eigenvalue weighted by atomic mass is 79.9. The Hall–Kier alpha value is -1.59. The van der Waals surface area contributed by atoms with Crippen LogP contribution in [0, 0.1) is 0 Å². The fourth-order valence-corrected chi connectivity index (χ4v) is 2.41. The summed E-state index contributed by atoms with van der Waals surface area (Å²) in [5.41, 5.74) is 2.11. The fourth-order valence-electron chi connectivity index (χ4n) is 1.94. The zero-order valence-electron chi connectivity index (χ0n) is 10.6. The van der Waals surface area contributed by atoms with Gasteiger partial charge < -0.3 is 14.8 Å². The predicted octanol–water partition coefficient (Wildman–Crippen LogP) is 3.64. The van der Waals surface area contributed by atoms with E-state index >= 15 is 0 Å². The Kier molecular flexibility index (Phi) is 3.89. The van der Waals surface area contributed by atoms with Crippen LogP contribution in [0.2, 0.25) is 0 Å². The number of nitrogens with one attached hydrogen (secondary N) is 1. The minimum atomic E-state index is 0.295. The molecule has 0 saturated heterocycles. The normalized spacial score (nSPS) is 12.2. The van der Waals surface area contributed by atoms with Crippen molar-refractivity contribution in [3.63, 3.8) is 0 Å². The molecule has 0 aromatic heterocycles. The second-order valence-corrected chi connectivity index (χ2v) is 5.70. The molecular formula is C15H12BrNO2S. The van der Waals surface area contributed by atoms with E-state index < -0.39 is 0 Å². The minimum Gasteiger partial charge on any atom is -0.454 e. The van der Waals surface area contributed by atoms with Gasteiger partial charge in [0.15, 0.2) is 11.5 Å². The van der Waals surface area contributed by atoms with Crippen LogP contribution in [0.4, 0.5) is 0 Å². The summed E-state index contributed by atoms with van der Waals surface area (Å²) in [5, 5.41) is 3.25. The topological polar surface area (TPSA) is 30.5 Å². The average molecular weight is 350 g/mol. The molecule has 1 aliphatic heterocycles. The maximum Gasteiger partial charge on any atom is 0.231 e. The van der Waals surface area contributed by atoms with Gasteiger partial charge in [0.05, 0.1) is 0 Å². The third-order valence-electron chi connectivity index (χ3n) is 3.00. The third kappa shape index (κ3) is 2.94. The van der Waals surface area contributed by atoms with Gasteiger partial charge in [0.2, 0.25) is 6.79 Å². The van der Waals surface area contributed by atoms with Gasteiger partial charge in [0.25, 0.3) is 0 Å². The van der Waals surface area contributed by atoms with Gasteiger partial charge >= 0.3 is 0 Å². The molecule has 3 rings (SSSR count). The largest absolute Gasteiger partial charge is 0.454 e. The van der Waals surface area contributed by atoms with E-state index in [1.165, 1.54) is 0 Å². The molecule has 0 fully saturated rings. The molecule has 0 saturated carbocycles. The maximum absolute atomic E-state index is 5.38. The molecule has 0 spiro atoms. The van der Waals surface area contributed by atoms with Crippen molar-refractivity contribution in [2.24, 2.45) is 0 Å². The van der Waals surface area contributed by atoms with Crippen LogP contribution in [0.25, 0.3) is 0 Å². The van der Waals surface area contributed by atoms with Crippen molar-refractivity contribution in [1.29, 1.82) is 0 Å². The molecule has 2 aromatic carbocycles. The van der Waals surface area contributed by atoms with Gasteiger partial charge in [-0.05, 0) is 29.8 Å². The van der Waals surface area contributed by atoms with E-state index in [9.17, 15) is 0 Å². The van der Waals surface area contributed by atoms with Crippen LogP contribution in [0.1, 0.15) is 11.1 Å². The monoisotopic (exact) mass is 349 g/mol. The van der Waals surface area contributed by atoms with Crippen molar-refractivity contribution in [3.8, 4) is 11.5 Å². The predicted molar refractivity (Wildman–Crippen MR) is 85.2 cm³/mol. The Morgan fingerprint density at radius 3 is 2.65 bits per heavy atom. The smallest absolute Gasteiger partial charge is 0.231 e. The summed E-state index contributed by atoms with van der Waals surface area (Å²) in [6.07, 6.45) is 0. The van der Waals surface area contributed by atoms with Crippen molar-refractivity contribution >= 4 is 33.1 Å². The molecule has 5 heteroatoms. The third-order valence-corrected chi connectivity index (χ3v) is 3.91. The summed E-state index contributed by atoms with van der Waals surface area (Å²) >= 11 is 8.79. The SMILES string of the molecule is S=C(NCc1ccc2c(c1)OCO2)c1ccc(Br)cc1. The lowest BCUT2D eigenvalue weighted by Crippen LogP contribution is -2.21. The van der Waals surface area contributed by atoms with Crippen molar-refractivity contribution in [3.05, 3.63) is 58.1 Å². The Morgan fingerprint density at radius 2 is 1.85 bits per heavy atom. The second kappa shape index (κ2) is 5.81. The van der Waals surface area contributed by atoms with E-state index in [2.05, 4.69) is 21.2 Å². The van der Waals surface area contributed by atoms with Gasteiger partial charge in [-0.2, -0.15) is 0 Å². The van der Waals surface area contributed by atoms with Crippen LogP contribution in [-0.4, -0.2) is 11.8 Å². The Bertz CT molecular complexity index is 643. The number of ether oxygens (including phenoxy) is 2. The Morgan fingerprint density at radius 1 is 1.10 bits per heavy atom. The van der Waals surface area contributed by atoms with Crippen molar-refractivity contribution in [2.75, 3.05) is 6.79 Å². The summed E-state index contributed by atoms with van der Waals surface area (Å²) in [7, 11) is 0. The Balaban J connectivity index is 1.64. The van der Waals surface area contributed by atoms with Crippen LogP contribution < -0.4 is 14.8 Å². The van der Waals surface area contributed by atoms with E-state index in [1.54, 1.807) is 0 Å². The van der Waals surface area contributed by atoms with Crippen molar-refractivity contribution < 1.29 is 9.47 Å². The van der Waals surface area contributed by atoms with Crippen LogP contribution in [0.3, 0.4) is 0 Å². The lowest BCUT2D eigenvalue weighted by atomic mass is 10.2. The molecule has 20 heavy (non-hydrogen) atoms. The molecule has 2 aromatic rings. The van der Waals surface area contributed by atoms with Crippen LogP contribution in [-0.2, 0) is 6.54 Å². The second-order valence-electron chi connectivity index (χ2n) is 4.38. The van der Waals surface area contributed by atoms with E-state index in [0.29, 0.717) is 13.3 Å². The standard InChI is InChI=1S/C15H12BrNO2S/c16-12-4-2-11(3-5-12)15(20)17-8-10-1-6-13-14(7-10)19-9-18-13/h1-7H,8-9H2,(H,17,20). The number of fused-ring (bicyclic) bond motifs is 1. The van der Waals surface area contributed by atoms with E-state index in [-0.39, 0.29) is 0 Å². The van der Waals surface area contributed by atoms with E-state index in [0.717, 1.165) is 32.1 Å². The van der Waals surface area contributed by atoms with Crippen molar-refractivity contribution in [1.82, 2.24) is 5.32 Å². The zero-order chi connectivity index (χ0) is 13.9. The molecule has 0 atom stereocenters. The molecule has 102 valence electrons. The van der Waals surface area contributed by atoms with Crippen LogP contribution in [0.5, 0.6) is 11.5 Å². The molecule has 0 bridgehead atoms. The minimum absolute atomic E-state index is 0.295. The van der Waals surface area contributed by atoms with E-state index in [1.807, 2.05) is 42.5 Å².